The van der Waals surface area contributed by atoms with Gasteiger partial charge in [0.25, 0.3) is 0 Å². The largest absolute Gasteiger partial charge is 0.416 e. The highest BCUT2D eigenvalue weighted by Crippen LogP contribution is 2.35. The molecule has 0 fully saturated rings. The van der Waals surface area contributed by atoms with Crippen molar-refractivity contribution in [3.05, 3.63) is 102 Å². The predicted molar refractivity (Wildman–Crippen MR) is 139 cm³/mol. The molecule has 0 aliphatic rings. The Morgan fingerprint density at radius 1 is 1.08 bits per heavy atom. The Bertz CT molecular complexity index is 1550. The molecule has 1 amide bonds. The number of benzene rings is 2. The Morgan fingerprint density at radius 3 is 2.50 bits per heavy atom. The summed E-state index contributed by atoms with van der Waals surface area (Å²) < 4.78 is 42.5. The number of halogens is 3. The van der Waals surface area contributed by atoms with Crippen LogP contribution in [0.5, 0.6) is 0 Å². The molecule has 0 spiro atoms. The molecule has 0 saturated heterocycles. The lowest BCUT2D eigenvalue weighted by Crippen LogP contribution is -2.17. The van der Waals surface area contributed by atoms with E-state index in [2.05, 4.69) is 38.9 Å². The summed E-state index contributed by atoms with van der Waals surface area (Å²) in [6, 6.07) is 12.6. The SMILES string of the molecule is C=C(c1ccc(C)c(C#Cc2ccc(NC(C)=O)nn2)c1)N(C)c1cc(-n2ccnc2)cc(C(F)(F)F)c1. The molecule has 0 saturated carbocycles. The van der Waals surface area contributed by atoms with E-state index in [0.717, 1.165) is 17.7 Å². The standard InChI is InChI=1S/C28H23F3N6O/c1-18-5-6-22(13-21(18)7-8-24-9-10-27(35-34-24)33-20(3)38)19(2)36(4)25-14-23(28(29,30)31)15-26(16-25)37-12-11-32-17-37/h5-6,9-17H,2H2,1,3-4H3,(H,33,35,38). The highest BCUT2D eigenvalue weighted by Gasteiger charge is 2.32. The number of alkyl halides is 3. The highest BCUT2D eigenvalue weighted by molar-refractivity contribution is 5.87. The van der Waals surface area contributed by atoms with E-state index in [9.17, 15) is 18.0 Å². The van der Waals surface area contributed by atoms with Crippen LogP contribution in [0.3, 0.4) is 0 Å². The number of nitrogens with one attached hydrogen (secondary N) is 1. The average Bonchev–Trinajstić information content (AvgIpc) is 3.42. The Balaban J connectivity index is 1.63. The number of nitrogens with zero attached hydrogens (tertiary/aromatic N) is 5. The van der Waals surface area contributed by atoms with Gasteiger partial charge in [0.15, 0.2) is 5.82 Å². The highest BCUT2D eigenvalue weighted by atomic mass is 19.4. The minimum atomic E-state index is -4.52. The van der Waals surface area contributed by atoms with Crippen LogP contribution in [0.15, 0.2) is 73.8 Å². The molecular weight excluding hydrogens is 493 g/mol. The zero-order chi connectivity index (χ0) is 27.4. The zero-order valence-electron chi connectivity index (χ0n) is 20.8. The third kappa shape index (κ3) is 6.07. The number of amides is 1. The van der Waals surface area contributed by atoms with Crippen molar-refractivity contribution in [1.82, 2.24) is 19.7 Å². The molecule has 0 unspecified atom stereocenters. The minimum absolute atomic E-state index is 0.251. The monoisotopic (exact) mass is 516 g/mol. The van der Waals surface area contributed by atoms with Crippen molar-refractivity contribution >= 4 is 23.1 Å². The van der Waals surface area contributed by atoms with Gasteiger partial charge < -0.3 is 14.8 Å². The first-order valence-corrected chi connectivity index (χ1v) is 11.4. The lowest BCUT2D eigenvalue weighted by Gasteiger charge is -2.24. The smallest absolute Gasteiger partial charge is 0.345 e. The lowest BCUT2D eigenvalue weighted by atomic mass is 10.0. The summed E-state index contributed by atoms with van der Waals surface area (Å²) >= 11 is 0. The molecule has 2 aromatic heterocycles. The van der Waals surface area contributed by atoms with Crippen molar-refractivity contribution in [2.45, 2.75) is 20.0 Å². The van der Waals surface area contributed by atoms with Crippen molar-refractivity contribution in [1.29, 1.82) is 0 Å². The van der Waals surface area contributed by atoms with E-state index in [0.29, 0.717) is 39.7 Å². The van der Waals surface area contributed by atoms with Gasteiger partial charge in [-0.15, -0.1) is 10.2 Å². The van der Waals surface area contributed by atoms with Crippen LogP contribution in [0.1, 0.15) is 34.9 Å². The molecule has 0 aliphatic carbocycles. The molecule has 2 heterocycles. The Labute approximate surface area is 217 Å². The van der Waals surface area contributed by atoms with E-state index >= 15 is 0 Å². The van der Waals surface area contributed by atoms with Gasteiger partial charge in [-0.1, -0.05) is 24.6 Å². The number of anilines is 2. The molecule has 4 rings (SSSR count). The molecule has 0 aliphatic heterocycles. The lowest BCUT2D eigenvalue weighted by molar-refractivity contribution is -0.137. The first-order chi connectivity index (χ1) is 18.0. The van der Waals surface area contributed by atoms with Crippen molar-refractivity contribution in [3.8, 4) is 17.5 Å². The maximum absolute atomic E-state index is 13.7. The first kappa shape index (κ1) is 26.2. The number of rotatable bonds is 5. The van der Waals surface area contributed by atoms with Crippen molar-refractivity contribution in [3.63, 3.8) is 0 Å². The average molecular weight is 517 g/mol. The van der Waals surface area contributed by atoms with Crippen LogP contribution in [0.4, 0.5) is 24.7 Å². The summed E-state index contributed by atoms with van der Waals surface area (Å²) in [6.45, 7) is 7.40. The van der Waals surface area contributed by atoms with Gasteiger partial charge in [-0.25, -0.2) is 4.98 Å². The molecule has 0 atom stereocenters. The van der Waals surface area contributed by atoms with Crippen LogP contribution in [0.25, 0.3) is 11.4 Å². The molecule has 4 aromatic rings. The molecular formula is C28H23F3N6O. The van der Waals surface area contributed by atoms with Gasteiger partial charge in [0.05, 0.1) is 11.9 Å². The van der Waals surface area contributed by atoms with Crippen molar-refractivity contribution < 1.29 is 18.0 Å². The summed E-state index contributed by atoms with van der Waals surface area (Å²) in [6.07, 6.45) is -0.00268. The number of hydrogen-bond donors (Lipinski definition) is 1. The van der Waals surface area contributed by atoms with Crippen LogP contribution in [0, 0.1) is 18.8 Å². The fourth-order valence-corrected chi connectivity index (χ4v) is 3.58. The van der Waals surface area contributed by atoms with Gasteiger partial charge in [0.1, 0.15) is 5.69 Å². The van der Waals surface area contributed by atoms with Gasteiger partial charge in [0, 0.05) is 49.0 Å². The van der Waals surface area contributed by atoms with E-state index in [1.807, 2.05) is 25.1 Å². The number of carbonyl (C=O) groups excluding carboxylic acids is 1. The first-order valence-electron chi connectivity index (χ1n) is 11.4. The van der Waals surface area contributed by atoms with E-state index in [4.69, 9.17) is 0 Å². The molecule has 0 radical (unpaired) electrons. The Hall–Kier alpha value is -4.91. The number of imidazole rings is 1. The molecule has 192 valence electrons. The number of aromatic nitrogens is 4. The fourth-order valence-electron chi connectivity index (χ4n) is 3.58. The van der Waals surface area contributed by atoms with E-state index in [-0.39, 0.29) is 5.91 Å². The zero-order valence-corrected chi connectivity index (χ0v) is 20.8. The van der Waals surface area contributed by atoms with E-state index in [1.165, 1.54) is 24.0 Å². The van der Waals surface area contributed by atoms with E-state index < -0.39 is 11.7 Å². The molecule has 38 heavy (non-hydrogen) atoms. The van der Waals surface area contributed by atoms with Crippen molar-refractivity contribution in [2.75, 3.05) is 17.3 Å². The Morgan fingerprint density at radius 2 is 1.87 bits per heavy atom. The maximum atomic E-state index is 13.7. The normalized spacial score (nSPS) is 10.9. The van der Waals surface area contributed by atoms with Gasteiger partial charge in [0.2, 0.25) is 5.91 Å². The predicted octanol–water partition coefficient (Wildman–Crippen LogP) is 5.45. The molecule has 10 heteroatoms. The summed E-state index contributed by atoms with van der Waals surface area (Å²) in [5.74, 6) is 6.08. The van der Waals surface area contributed by atoms with Gasteiger partial charge in [-0.3, -0.25) is 4.79 Å². The quantitative estimate of drug-likeness (QED) is 0.357. The number of carbonyl (C=O) groups is 1. The number of hydrogen-bond acceptors (Lipinski definition) is 5. The van der Waals surface area contributed by atoms with Crippen LogP contribution in [-0.4, -0.2) is 32.7 Å². The molecule has 7 nitrogen and oxygen atoms in total. The third-order valence-electron chi connectivity index (χ3n) is 5.69. The minimum Gasteiger partial charge on any atom is -0.345 e. The van der Waals surface area contributed by atoms with Crippen LogP contribution in [0.2, 0.25) is 0 Å². The second-order valence-corrected chi connectivity index (χ2v) is 8.48. The fraction of sp³-hybridized carbons (Fsp3) is 0.143. The maximum Gasteiger partial charge on any atom is 0.416 e. The summed E-state index contributed by atoms with van der Waals surface area (Å²) in [4.78, 5) is 16.7. The Kier molecular flexibility index (Phi) is 7.30. The van der Waals surface area contributed by atoms with Crippen molar-refractivity contribution in [2.24, 2.45) is 0 Å². The number of aryl methyl sites for hydroxylation is 1. The van der Waals surface area contributed by atoms with Crippen LogP contribution in [-0.2, 0) is 11.0 Å². The van der Waals surface area contributed by atoms with E-state index in [1.54, 1.807) is 36.3 Å². The molecule has 1 N–H and O–H groups in total. The second kappa shape index (κ2) is 10.6. The topological polar surface area (TPSA) is 75.9 Å². The summed E-state index contributed by atoms with van der Waals surface area (Å²) in [5.41, 5.74) is 3.06. The molecule has 0 bridgehead atoms. The van der Waals surface area contributed by atoms with Gasteiger partial charge in [-0.05, 0) is 60.4 Å². The summed E-state index contributed by atoms with van der Waals surface area (Å²) in [7, 11) is 1.66. The van der Waals surface area contributed by atoms with Crippen LogP contribution < -0.4 is 10.2 Å². The molecule has 2 aromatic carbocycles. The van der Waals surface area contributed by atoms with Crippen LogP contribution >= 0.6 is 0 Å². The van der Waals surface area contributed by atoms with Gasteiger partial charge >= 0.3 is 6.18 Å². The second-order valence-electron chi connectivity index (χ2n) is 8.48. The summed E-state index contributed by atoms with van der Waals surface area (Å²) in [5, 5.41) is 10.5. The third-order valence-corrected chi connectivity index (χ3v) is 5.69. The van der Waals surface area contributed by atoms with Gasteiger partial charge in [-0.2, -0.15) is 13.2 Å².